The second kappa shape index (κ2) is 11.5. The van der Waals surface area contributed by atoms with Crippen molar-refractivity contribution >= 4 is 5.97 Å². The molecule has 1 unspecified atom stereocenters. The van der Waals surface area contributed by atoms with Gasteiger partial charge in [0.2, 0.25) is 0 Å². The standard InChI is InChI=1S/C14H25NO2/c1-3-5-6-7-8-9-10-11-13(14(16)17)15-12-4-2/h2,13,15H,3,5-12H2,1H3,(H,16,17). The summed E-state index contributed by atoms with van der Waals surface area (Å²) in [7, 11) is 0. The number of carbonyl (C=O) groups is 1. The molecule has 0 aliphatic heterocycles. The van der Waals surface area contributed by atoms with E-state index in [1.807, 2.05) is 0 Å². The zero-order chi connectivity index (χ0) is 12.9. The van der Waals surface area contributed by atoms with E-state index >= 15 is 0 Å². The van der Waals surface area contributed by atoms with Gasteiger partial charge in [0.05, 0.1) is 6.54 Å². The van der Waals surface area contributed by atoms with E-state index in [2.05, 4.69) is 18.2 Å². The molecule has 3 nitrogen and oxygen atoms in total. The Kier molecular flexibility index (Phi) is 10.8. The lowest BCUT2D eigenvalue weighted by atomic mass is 10.1. The van der Waals surface area contributed by atoms with Crippen LogP contribution in [-0.4, -0.2) is 23.7 Å². The van der Waals surface area contributed by atoms with E-state index < -0.39 is 12.0 Å². The molecule has 0 aromatic rings. The minimum absolute atomic E-state index is 0.327. The van der Waals surface area contributed by atoms with Crippen LogP contribution in [0.5, 0.6) is 0 Å². The number of unbranched alkanes of at least 4 members (excludes halogenated alkanes) is 6. The van der Waals surface area contributed by atoms with Gasteiger partial charge in [-0.15, -0.1) is 6.42 Å². The van der Waals surface area contributed by atoms with Crippen molar-refractivity contribution in [1.82, 2.24) is 5.32 Å². The highest BCUT2D eigenvalue weighted by molar-refractivity contribution is 5.73. The Balaban J connectivity index is 3.48. The number of nitrogens with one attached hydrogen (secondary N) is 1. The molecule has 3 heteroatoms. The summed E-state index contributed by atoms with van der Waals surface area (Å²) >= 11 is 0. The lowest BCUT2D eigenvalue weighted by Gasteiger charge is -2.12. The van der Waals surface area contributed by atoms with E-state index in [9.17, 15) is 4.79 Å². The quantitative estimate of drug-likeness (QED) is 0.430. The molecule has 0 aliphatic rings. The Morgan fingerprint density at radius 2 is 1.82 bits per heavy atom. The van der Waals surface area contributed by atoms with Crippen LogP contribution < -0.4 is 5.32 Å². The van der Waals surface area contributed by atoms with Crippen molar-refractivity contribution in [3.63, 3.8) is 0 Å². The SMILES string of the molecule is C#CCNC(CCCCCCCCC)C(=O)O. The average molecular weight is 239 g/mol. The molecule has 1 atom stereocenters. The van der Waals surface area contributed by atoms with Gasteiger partial charge in [0, 0.05) is 0 Å². The highest BCUT2D eigenvalue weighted by Crippen LogP contribution is 2.09. The molecule has 0 fully saturated rings. The summed E-state index contributed by atoms with van der Waals surface area (Å²) in [6.07, 6.45) is 14.2. The Bertz CT molecular complexity index is 233. The van der Waals surface area contributed by atoms with Crippen LogP contribution in [0.25, 0.3) is 0 Å². The summed E-state index contributed by atoms with van der Waals surface area (Å²) in [4.78, 5) is 10.9. The summed E-state index contributed by atoms with van der Waals surface area (Å²) in [5, 5.41) is 11.8. The van der Waals surface area contributed by atoms with Crippen LogP contribution in [0.3, 0.4) is 0 Å². The molecule has 2 N–H and O–H groups in total. The Morgan fingerprint density at radius 1 is 1.24 bits per heavy atom. The summed E-state index contributed by atoms with van der Waals surface area (Å²) in [6, 6.07) is -0.485. The minimum Gasteiger partial charge on any atom is -0.480 e. The van der Waals surface area contributed by atoms with Crippen LogP contribution in [0.2, 0.25) is 0 Å². The van der Waals surface area contributed by atoms with Gasteiger partial charge in [-0.1, -0.05) is 57.8 Å². The van der Waals surface area contributed by atoms with Crippen LogP contribution in [0.15, 0.2) is 0 Å². The normalized spacial score (nSPS) is 12.0. The molecule has 0 aliphatic carbocycles. The average Bonchev–Trinajstić information content (AvgIpc) is 2.31. The number of aliphatic carboxylic acids is 1. The third kappa shape index (κ3) is 9.89. The highest BCUT2D eigenvalue weighted by atomic mass is 16.4. The van der Waals surface area contributed by atoms with E-state index in [-0.39, 0.29) is 0 Å². The van der Waals surface area contributed by atoms with Crippen LogP contribution in [0.1, 0.15) is 58.3 Å². The first-order valence-electron chi connectivity index (χ1n) is 6.62. The van der Waals surface area contributed by atoms with Crippen molar-refractivity contribution in [3.05, 3.63) is 0 Å². The predicted molar refractivity (Wildman–Crippen MR) is 70.9 cm³/mol. The molecule has 17 heavy (non-hydrogen) atoms. The molecule has 0 saturated carbocycles. The van der Waals surface area contributed by atoms with Gasteiger partial charge in [-0.25, -0.2) is 0 Å². The van der Waals surface area contributed by atoms with Gasteiger partial charge < -0.3 is 5.11 Å². The van der Waals surface area contributed by atoms with Gasteiger partial charge in [-0.3, -0.25) is 10.1 Å². The molecule has 0 aromatic heterocycles. The van der Waals surface area contributed by atoms with Gasteiger partial charge >= 0.3 is 5.97 Å². The van der Waals surface area contributed by atoms with Gasteiger partial charge in [0.15, 0.2) is 0 Å². The van der Waals surface area contributed by atoms with Crippen molar-refractivity contribution in [3.8, 4) is 12.3 Å². The largest absolute Gasteiger partial charge is 0.480 e. The van der Waals surface area contributed by atoms with E-state index in [1.165, 1.54) is 32.1 Å². The maximum atomic E-state index is 10.9. The fourth-order valence-corrected chi connectivity index (χ4v) is 1.80. The fraction of sp³-hybridized carbons (Fsp3) is 0.786. The third-order valence-corrected chi connectivity index (χ3v) is 2.84. The molecule has 0 amide bonds. The highest BCUT2D eigenvalue weighted by Gasteiger charge is 2.14. The van der Waals surface area contributed by atoms with E-state index in [0.29, 0.717) is 13.0 Å². The molecule has 98 valence electrons. The molecule has 0 rings (SSSR count). The van der Waals surface area contributed by atoms with Gasteiger partial charge in [0.25, 0.3) is 0 Å². The summed E-state index contributed by atoms with van der Waals surface area (Å²) in [5.41, 5.74) is 0. The first-order valence-corrected chi connectivity index (χ1v) is 6.62. The zero-order valence-electron chi connectivity index (χ0n) is 10.9. The molecule has 0 radical (unpaired) electrons. The summed E-state index contributed by atoms with van der Waals surface area (Å²) in [6.45, 7) is 2.53. The summed E-state index contributed by atoms with van der Waals surface area (Å²) < 4.78 is 0. The van der Waals surface area contributed by atoms with Crippen molar-refractivity contribution in [1.29, 1.82) is 0 Å². The first kappa shape index (κ1) is 16.0. The lowest BCUT2D eigenvalue weighted by Crippen LogP contribution is -2.36. The Hall–Kier alpha value is -1.01. The number of terminal acetylenes is 1. The first-order chi connectivity index (χ1) is 8.22. The molecule has 0 saturated heterocycles. The number of carboxylic acid groups (broad SMARTS) is 1. The maximum absolute atomic E-state index is 10.9. The molecule has 0 spiro atoms. The number of carboxylic acids is 1. The van der Waals surface area contributed by atoms with Crippen LogP contribution in [0, 0.1) is 12.3 Å². The van der Waals surface area contributed by atoms with Crippen molar-refractivity contribution in [2.75, 3.05) is 6.54 Å². The molecule has 0 heterocycles. The number of rotatable bonds is 11. The Morgan fingerprint density at radius 3 is 2.35 bits per heavy atom. The van der Waals surface area contributed by atoms with Gasteiger partial charge in [-0.05, 0) is 6.42 Å². The number of hydrogen-bond acceptors (Lipinski definition) is 2. The Labute approximate surface area is 105 Å². The monoisotopic (exact) mass is 239 g/mol. The smallest absolute Gasteiger partial charge is 0.320 e. The third-order valence-electron chi connectivity index (χ3n) is 2.84. The van der Waals surface area contributed by atoms with E-state index in [4.69, 9.17) is 11.5 Å². The topological polar surface area (TPSA) is 49.3 Å². The molecular weight excluding hydrogens is 214 g/mol. The van der Waals surface area contributed by atoms with Crippen molar-refractivity contribution in [2.45, 2.75) is 64.3 Å². The van der Waals surface area contributed by atoms with E-state index in [1.54, 1.807) is 0 Å². The van der Waals surface area contributed by atoms with Crippen molar-refractivity contribution < 1.29 is 9.90 Å². The predicted octanol–water partition coefficient (Wildman–Crippen LogP) is 2.80. The molecule has 0 aromatic carbocycles. The minimum atomic E-state index is -0.800. The number of hydrogen-bond donors (Lipinski definition) is 2. The fourth-order valence-electron chi connectivity index (χ4n) is 1.80. The maximum Gasteiger partial charge on any atom is 0.320 e. The van der Waals surface area contributed by atoms with Crippen LogP contribution in [-0.2, 0) is 4.79 Å². The van der Waals surface area contributed by atoms with Crippen molar-refractivity contribution in [2.24, 2.45) is 0 Å². The summed E-state index contributed by atoms with van der Waals surface area (Å²) in [5.74, 6) is 1.60. The second-order valence-corrected chi connectivity index (χ2v) is 4.39. The van der Waals surface area contributed by atoms with Crippen LogP contribution in [0.4, 0.5) is 0 Å². The second-order valence-electron chi connectivity index (χ2n) is 4.39. The van der Waals surface area contributed by atoms with Gasteiger partial charge in [-0.2, -0.15) is 0 Å². The van der Waals surface area contributed by atoms with Gasteiger partial charge in [0.1, 0.15) is 6.04 Å². The zero-order valence-corrected chi connectivity index (χ0v) is 10.9. The van der Waals surface area contributed by atoms with E-state index in [0.717, 1.165) is 12.8 Å². The lowest BCUT2D eigenvalue weighted by molar-refractivity contribution is -0.139. The molecule has 0 bridgehead atoms. The molecular formula is C14H25NO2. The van der Waals surface area contributed by atoms with Crippen LogP contribution >= 0.6 is 0 Å².